The zero-order valence-corrected chi connectivity index (χ0v) is 12.3. The number of pyridine rings is 1. The predicted octanol–water partition coefficient (Wildman–Crippen LogP) is 3.04. The van der Waals surface area contributed by atoms with Gasteiger partial charge in [0, 0.05) is 15.9 Å². The Balaban J connectivity index is 2.22. The molecule has 0 saturated carbocycles. The Morgan fingerprint density at radius 2 is 2.11 bits per heavy atom. The van der Waals surface area contributed by atoms with Crippen molar-refractivity contribution in [1.29, 1.82) is 0 Å². The molecule has 2 N–H and O–H groups in total. The summed E-state index contributed by atoms with van der Waals surface area (Å²) in [5, 5.41) is 0. The number of hydrogen-bond acceptors (Lipinski definition) is 3. The molecule has 0 aliphatic rings. The summed E-state index contributed by atoms with van der Waals surface area (Å²) in [5.41, 5.74) is 8.07. The molecule has 0 fully saturated rings. The van der Waals surface area contributed by atoms with Crippen molar-refractivity contribution in [2.24, 2.45) is 0 Å². The number of rotatable bonds is 3. The first-order chi connectivity index (χ1) is 8.56. The summed E-state index contributed by atoms with van der Waals surface area (Å²) in [4.78, 5) is 5.10. The van der Waals surface area contributed by atoms with Crippen molar-refractivity contribution in [2.45, 2.75) is 17.6 Å². The van der Waals surface area contributed by atoms with Gasteiger partial charge in [-0.25, -0.2) is 0 Å². The van der Waals surface area contributed by atoms with E-state index in [2.05, 4.69) is 20.9 Å². The first-order valence-corrected chi connectivity index (χ1v) is 7.53. The number of halogens is 1. The topological polar surface area (TPSA) is 56.0 Å². The summed E-state index contributed by atoms with van der Waals surface area (Å²) in [6.45, 7) is 1.92. The van der Waals surface area contributed by atoms with E-state index in [-0.39, 0.29) is 0 Å². The van der Waals surface area contributed by atoms with E-state index in [0.717, 1.165) is 20.8 Å². The maximum atomic E-state index is 12.3. The van der Waals surface area contributed by atoms with Crippen molar-refractivity contribution in [3.8, 4) is 0 Å². The van der Waals surface area contributed by atoms with Crippen LogP contribution in [0.5, 0.6) is 0 Å². The molecule has 0 aliphatic carbocycles. The number of nitrogens with two attached hydrogens (primary N) is 1. The van der Waals surface area contributed by atoms with Crippen molar-refractivity contribution in [3.63, 3.8) is 0 Å². The molecule has 1 unspecified atom stereocenters. The molecule has 0 saturated heterocycles. The molecule has 0 amide bonds. The largest absolute Gasteiger partial charge is 0.399 e. The van der Waals surface area contributed by atoms with E-state index in [1.165, 1.54) is 0 Å². The van der Waals surface area contributed by atoms with E-state index in [1.807, 2.05) is 25.1 Å². The van der Waals surface area contributed by atoms with Crippen molar-refractivity contribution in [2.75, 3.05) is 5.73 Å². The number of aryl methyl sites for hydroxylation is 1. The van der Waals surface area contributed by atoms with Crippen LogP contribution in [-0.4, -0.2) is 9.19 Å². The van der Waals surface area contributed by atoms with Gasteiger partial charge in [0.1, 0.15) is 0 Å². The van der Waals surface area contributed by atoms with Crippen LogP contribution in [0.3, 0.4) is 0 Å². The molecule has 18 heavy (non-hydrogen) atoms. The van der Waals surface area contributed by atoms with Crippen molar-refractivity contribution in [3.05, 3.63) is 52.3 Å². The highest BCUT2D eigenvalue weighted by Gasteiger charge is 2.10. The third-order valence-corrected chi connectivity index (χ3v) is 4.75. The van der Waals surface area contributed by atoms with Crippen molar-refractivity contribution in [1.82, 2.24) is 4.98 Å². The average Bonchev–Trinajstić information content (AvgIpc) is 2.28. The monoisotopic (exact) mass is 324 g/mol. The molecular formula is C13H13BrN2OS. The highest BCUT2D eigenvalue weighted by atomic mass is 79.9. The highest BCUT2D eigenvalue weighted by molar-refractivity contribution is 9.10. The molecule has 1 atom stereocenters. The number of nitrogens with zero attached hydrogens (tertiary/aromatic N) is 1. The minimum atomic E-state index is -1.13. The number of nitrogen functional groups attached to an aromatic ring is 1. The van der Waals surface area contributed by atoms with E-state index in [4.69, 9.17) is 5.73 Å². The molecule has 0 radical (unpaired) electrons. The van der Waals surface area contributed by atoms with E-state index in [1.54, 1.807) is 18.2 Å². The summed E-state index contributed by atoms with van der Waals surface area (Å²) in [6, 6.07) is 11.0. The quantitative estimate of drug-likeness (QED) is 0.883. The van der Waals surface area contributed by atoms with Crippen LogP contribution in [0.4, 0.5) is 5.69 Å². The van der Waals surface area contributed by atoms with Crippen LogP contribution in [0.1, 0.15) is 11.4 Å². The predicted molar refractivity (Wildman–Crippen MR) is 77.6 cm³/mol. The molecule has 3 nitrogen and oxygen atoms in total. The lowest BCUT2D eigenvalue weighted by molar-refractivity contribution is 0.681. The summed E-state index contributed by atoms with van der Waals surface area (Å²) in [5.74, 6) is 0.407. The van der Waals surface area contributed by atoms with Gasteiger partial charge in [-0.05, 0) is 53.2 Å². The molecule has 0 spiro atoms. The Morgan fingerprint density at radius 1 is 1.33 bits per heavy atom. The van der Waals surface area contributed by atoms with Gasteiger partial charge in [-0.2, -0.15) is 0 Å². The van der Waals surface area contributed by atoms with Gasteiger partial charge in [-0.15, -0.1) is 0 Å². The van der Waals surface area contributed by atoms with Gasteiger partial charge in [0.05, 0.1) is 27.1 Å². The summed E-state index contributed by atoms with van der Waals surface area (Å²) < 4.78 is 13.0. The Morgan fingerprint density at radius 3 is 2.78 bits per heavy atom. The Kier molecular flexibility index (Phi) is 4.14. The number of hydrogen-bond donors (Lipinski definition) is 1. The standard InChI is InChI=1S/C13H13BrN2OS/c1-9-3-2-4-11(16-9)8-18(17)13-6-5-10(15)7-12(13)14/h2-7H,8,15H2,1H3. The van der Waals surface area contributed by atoms with Gasteiger partial charge in [0.15, 0.2) is 0 Å². The molecule has 94 valence electrons. The van der Waals surface area contributed by atoms with Crippen LogP contribution in [0.2, 0.25) is 0 Å². The fourth-order valence-electron chi connectivity index (χ4n) is 1.59. The zero-order valence-electron chi connectivity index (χ0n) is 9.89. The van der Waals surface area contributed by atoms with Crippen LogP contribution >= 0.6 is 15.9 Å². The van der Waals surface area contributed by atoms with E-state index in [0.29, 0.717) is 11.4 Å². The third-order valence-electron chi connectivity index (χ3n) is 2.43. The first kappa shape index (κ1) is 13.2. The lowest BCUT2D eigenvalue weighted by atomic mass is 10.3. The maximum absolute atomic E-state index is 12.3. The minimum absolute atomic E-state index is 0.407. The zero-order chi connectivity index (χ0) is 13.1. The smallest absolute Gasteiger partial charge is 0.0706 e. The third kappa shape index (κ3) is 3.17. The molecule has 1 heterocycles. The Bertz CT molecular complexity index is 601. The summed E-state index contributed by atoms with van der Waals surface area (Å²) in [6.07, 6.45) is 0. The molecule has 0 aliphatic heterocycles. The molecule has 5 heteroatoms. The van der Waals surface area contributed by atoms with Crippen LogP contribution in [0.15, 0.2) is 45.8 Å². The van der Waals surface area contributed by atoms with Crippen LogP contribution in [0.25, 0.3) is 0 Å². The Labute approximate surface area is 117 Å². The van der Waals surface area contributed by atoms with Gasteiger partial charge in [-0.1, -0.05) is 6.07 Å². The van der Waals surface area contributed by atoms with Gasteiger partial charge in [-0.3, -0.25) is 9.19 Å². The van der Waals surface area contributed by atoms with Crippen molar-refractivity contribution >= 4 is 32.4 Å². The SMILES string of the molecule is Cc1cccc(CS(=O)c2ccc(N)cc2Br)n1. The molecule has 2 aromatic rings. The lowest BCUT2D eigenvalue weighted by Crippen LogP contribution is -2.01. The molecule has 1 aromatic carbocycles. The number of benzene rings is 1. The second-order valence-electron chi connectivity index (χ2n) is 3.95. The number of aromatic nitrogens is 1. The average molecular weight is 325 g/mol. The second kappa shape index (κ2) is 5.63. The van der Waals surface area contributed by atoms with Gasteiger partial charge in [0.25, 0.3) is 0 Å². The van der Waals surface area contributed by atoms with Crippen LogP contribution in [0, 0.1) is 6.92 Å². The summed E-state index contributed by atoms with van der Waals surface area (Å²) >= 11 is 3.38. The maximum Gasteiger partial charge on any atom is 0.0706 e. The van der Waals surface area contributed by atoms with Crippen molar-refractivity contribution < 1.29 is 4.21 Å². The first-order valence-electron chi connectivity index (χ1n) is 5.42. The fourth-order valence-corrected chi connectivity index (χ4v) is 3.61. The van der Waals surface area contributed by atoms with Gasteiger partial charge in [0.2, 0.25) is 0 Å². The number of anilines is 1. The van der Waals surface area contributed by atoms with Crippen LogP contribution in [-0.2, 0) is 16.6 Å². The fraction of sp³-hybridized carbons (Fsp3) is 0.154. The highest BCUT2D eigenvalue weighted by Crippen LogP contribution is 2.24. The minimum Gasteiger partial charge on any atom is -0.399 e. The summed E-state index contributed by atoms with van der Waals surface area (Å²) in [7, 11) is -1.13. The molecule has 1 aromatic heterocycles. The second-order valence-corrected chi connectivity index (χ2v) is 6.22. The van der Waals surface area contributed by atoms with E-state index >= 15 is 0 Å². The lowest BCUT2D eigenvalue weighted by Gasteiger charge is -2.06. The Hall–Kier alpha value is -1.20. The van der Waals surface area contributed by atoms with E-state index in [9.17, 15) is 4.21 Å². The van der Waals surface area contributed by atoms with Crippen LogP contribution < -0.4 is 5.73 Å². The molecular weight excluding hydrogens is 312 g/mol. The van der Waals surface area contributed by atoms with Gasteiger partial charge < -0.3 is 5.73 Å². The van der Waals surface area contributed by atoms with Gasteiger partial charge >= 0.3 is 0 Å². The molecule has 2 rings (SSSR count). The normalized spacial score (nSPS) is 12.3. The molecule has 0 bridgehead atoms. The van der Waals surface area contributed by atoms with E-state index < -0.39 is 10.8 Å².